The van der Waals surface area contributed by atoms with Gasteiger partial charge in [-0.1, -0.05) is 25.1 Å². The van der Waals surface area contributed by atoms with Crippen LogP contribution >= 0.6 is 0 Å². The van der Waals surface area contributed by atoms with Gasteiger partial charge < -0.3 is 10.0 Å². The third-order valence-corrected chi connectivity index (χ3v) is 3.76. The van der Waals surface area contributed by atoms with Crippen LogP contribution in [0.4, 0.5) is 5.69 Å². The van der Waals surface area contributed by atoms with Crippen molar-refractivity contribution in [2.24, 2.45) is 0 Å². The molecule has 1 aliphatic rings. The summed E-state index contributed by atoms with van der Waals surface area (Å²) in [4.78, 5) is 25.4. The molecule has 2 rings (SSSR count). The van der Waals surface area contributed by atoms with E-state index in [0.29, 0.717) is 6.42 Å². The van der Waals surface area contributed by atoms with Crippen LogP contribution in [0.25, 0.3) is 0 Å². The van der Waals surface area contributed by atoms with E-state index >= 15 is 0 Å². The van der Waals surface area contributed by atoms with Crippen molar-refractivity contribution in [2.75, 3.05) is 11.4 Å². The highest BCUT2D eigenvalue weighted by Gasteiger charge is 2.41. The number of nitrogens with one attached hydrogen (secondary N) is 1. The van der Waals surface area contributed by atoms with Crippen molar-refractivity contribution in [1.82, 2.24) is 5.32 Å². The number of aliphatic hydroxyl groups is 1. The molecule has 2 amide bonds. The van der Waals surface area contributed by atoms with Gasteiger partial charge in [-0.25, -0.2) is 0 Å². The normalized spacial score (nSPS) is 19.7. The Kier molecular flexibility index (Phi) is 3.81. The van der Waals surface area contributed by atoms with Gasteiger partial charge in [-0.15, -0.1) is 0 Å². The predicted molar refractivity (Wildman–Crippen MR) is 76.3 cm³/mol. The Labute approximate surface area is 118 Å². The van der Waals surface area contributed by atoms with E-state index in [4.69, 9.17) is 0 Å². The zero-order chi connectivity index (χ0) is 14.9. The first-order valence-corrected chi connectivity index (χ1v) is 6.76. The number of rotatable bonds is 3. The van der Waals surface area contributed by atoms with Crippen LogP contribution in [-0.2, 0) is 9.59 Å². The summed E-state index contributed by atoms with van der Waals surface area (Å²) in [6, 6.07) is 7.35. The van der Waals surface area contributed by atoms with Gasteiger partial charge in [0.25, 0.3) is 5.91 Å². The van der Waals surface area contributed by atoms with Crippen LogP contribution in [-0.4, -0.2) is 29.0 Å². The highest BCUT2D eigenvalue weighted by Crippen LogP contribution is 2.33. The van der Waals surface area contributed by atoms with Gasteiger partial charge in [-0.2, -0.15) is 0 Å². The van der Waals surface area contributed by atoms with E-state index in [0.717, 1.165) is 11.3 Å². The summed E-state index contributed by atoms with van der Waals surface area (Å²) in [6.07, 6.45) is -0.0343. The molecule has 20 heavy (non-hydrogen) atoms. The molecule has 0 radical (unpaired) electrons. The quantitative estimate of drug-likeness (QED) is 0.818. The smallest absolute Gasteiger partial charge is 0.251 e. The van der Waals surface area contributed by atoms with E-state index in [1.165, 1.54) is 0 Å². The molecule has 1 atom stereocenters. The number of carbonyl (C=O) groups excluding carboxylic acids is 2. The lowest BCUT2D eigenvalue weighted by atomic mass is 9.95. The van der Waals surface area contributed by atoms with Crippen LogP contribution in [0.1, 0.15) is 38.9 Å². The maximum Gasteiger partial charge on any atom is 0.251 e. The fourth-order valence-electron chi connectivity index (χ4n) is 2.40. The maximum atomic E-state index is 12.0. The molecule has 5 nitrogen and oxygen atoms in total. The molecular formula is C15H20N2O3. The number of para-hydroxylation sites is 1. The van der Waals surface area contributed by atoms with Crippen molar-refractivity contribution in [2.45, 2.75) is 38.8 Å². The Morgan fingerprint density at radius 1 is 1.35 bits per heavy atom. The second-order valence-corrected chi connectivity index (χ2v) is 5.51. The number of carbonyl (C=O) groups is 2. The highest BCUT2D eigenvalue weighted by atomic mass is 16.3. The number of aliphatic hydroxyl groups excluding tert-OH is 1. The fourth-order valence-corrected chi connectivity index (χ4v) is 2.40. The fraction of sp³-hybridized carbons (Fsp3) is 0.467. The first-order chi connectivity index (χ1) is 9.37. The lowest BCUT2D eigenvalue weighted by molar-refractivity contribution is -0.135. The summed E-state index contributed by atoms with van der Waals surface area (Å²) in [5, 5.41) is 12.5. The van der Waals surface area contributed by atoms with E-state index in [-0.39, 0.29) is 18.4 Å². The van der Waals surface area contributed by atoms with E-state index in [1.807, 2.05) is 31.2 Å². The number of hydrogen-bond acceptors (Lipinski definition) is 4. The molecule has 1 heterocycles. The Balaban J connectivity index is 2.49. The molecule has 1 aliphatic heterocycles. The Bertz CT molecular complexity index is 540. The number of anilines is 1. The van der Waals surface area contributed by atoms with Crippen molar-refractivity contribution in [3.8, 4) is 0 Å². The first-order valence-electron chi connectivity index (χ1n) is 6.76. The molecule has 0 aromatic heterocycles. The monoisotopic (exact) mass is 276 g/mol. The summed E-state index contributed by atoms with van der Waals surface area (Å²) < 4.78 is 0. The van der Waals surface area contributed by atoms with Gasteiger partial charge in [0.2, 0.25) is 5.91 Å². The summed E-state index contributed by atoms with van der Waals surface area (Å²) >= 11 is 0. The minimum absolute atomic E-state index is 0.103. The second kappa shape index (κ2) is 5.25. The van der Waals surface area contributed by atoms with E-state index in [2.05, 4.69) is 5.32 Å². The van der Waals surface area contributed by atoms with Crippen LogP contribution in [0.15, 0.2) is 24.3 Å². The van der Waals surface area contributed by atoms with Crippen LogP contribution in [0.2, 0.25) is 0 Å². The van der Waals surface area contributed by atoms with Gasteiger partial charge in [-0.05, 0) is 26.3 Å². The number of hydrogen-bond donors (Lipinski definition) is 2. The summed E-state index contributed by atoms with van der Waals surface area (Å²) in [7, 11) is 0. The standard InChI is InChI=1S/C15H20N2O3/c1-4-12(18)10-7-5-6-8-11(10)17-9-13(19)16-14(20)15(17,2)3/h5-8,12,18H,4,9H2,1-3H3,(H,16,19,20)/t12-/m1/s1. The minimum atomic E-state index is -0.836. The van der Waals surface area contributed by atoms with Gasteiger partial charge in [0.1, 0.15) is 5.54 Å². The van der Waals surface area contributed by atoms with Crippen molar-refractivity contribution in [3.05, 3.63) is 29.8 Å². The lowest BCUT2D eigenvalue weighted by Crippen LogP contribution is -2.64. The van der Waals surface area contributed by atoms with Crippen LogP contribution in [0.5, 0.6) is 0 Å². The van der Waals surface area contributed by atoms with E-state index in [9.17, 15) is 14.7 Å². The molecule has 0 saturated carbocycles. The van der Waals surface area contributed by atoms with E-state index in [1.54, 1.807) is 18.7 Å². The molecule has 5 heteroatoms. The average molecular weight is 276 g/mol. The van der Waals surface area contributed by atoms with E-state index < -0.39 is 11.6 Å². The molecule has 1 aromatic rings. The summed E-state index contributed by atoms with van der Waals surface area (Å²) in [6.45, 7) is 5.53. The topological polar surface area (TPSA) is 69.6 Å². The number of imide groups is 1. The minimum Gasteiger partial charge on any atom is -0.388 e. The Hall–Kier alpha value is -1.88. The van der Waals surface area contributed by atoms with Crippen molar-refractivity contribution < 1.29 is 14.7 Å². The number of nitrogens with zero attached hydrogens (tertiary/aromatic N) is 1. The van der Waals surface area contributed by atoms with Gasteiger partial charge in [0, 0.05) is 11.3 Å². The summed E-state index contributed by atoms with van der Waals surface area (Å²) in [5.41, 5.74) is 0.637. The van der Waals surface area contributed by atoms with Crippen molar-refractivity contribution in [1.29, 1.82) is 0 Å². The highest BCUT2D eigenvalue weighted by molar-refractivity contribution is 6.06. The predicted octanol–water partition coefficient (Wildman–Crippen LogP) is 1.37. The molecule has 2 N–H and O–H groups in total. The van der Waals surface area contributed by atoms with Crippen LogP contribution in [0, 0.1) is 0 Å². The number of amides is 2. The molecule has 0 aliphatic carbocycles. The van der Waals surface area contributed by atoms with Gasteiger partial charge >= 0.3 is 0 Å². The van der Waals surface area contributed by atoms with Gasteiger partial charge in [0.05, 0.1) is 12.6 Å². The van der Waals surface area contributed by atoms with Crippen LogP contribution in [0.3, 0.4) is 0 Å². The zero-order valence-corrected chi connectivity index (χ0v) is 12.0. The SMILES string of the molecule is CC[C@@H](O)c1ccccc1N1CC(=O)NC(=O)C1(C)C. The molecule has 0 unspecified atom stereocenters. The third-order valence-electron chi connectivity index (χ3n) is 3.76. The van der Waals surface area contributed by atoms with Crippen molar-refractivity contribution in [3.63, 3.8) is 0 Å². The molecule has 108 valence electrons. The first kappa shape index (κ1) is 14.5. The van der Waals surface area contributed by atoms with Crippen molar-refractivity contribution >= 4 is 17.5 Å². The molecule has 0 spiro atoms. The number of piperazine rings is 1. The Morgan fingerprint density at radius 3 is 2.65 bits per heavy atom. The molecular weight excluding hydrogens is 256 g/mol. The number of benzene rings is 1. The van der Waals surface area contributed by atoms with Gasteiger partial charge in [-0.3, -0.25) is 14.9 Å². The third kappa shape index (κ3) is 2.41. The molecule has 0 bridgehead atoms. The molecule has 1 saturated heterocycles. The second-order valence-electron chi connectivity index (χ2n) is 5.51. The summed E-state index contributed by atoms with van der Waals surface area (Å²) in [5.74, 6) is -0.648. The lowest BCUT2D eigenvalue weighted by Gasteiger charge is -2.43. The van der Waals surface area contributed by atoms with Crippen LogP contribution < -0.4 is 10.2 Å². The zero-order valence-electron chi connectivity index (χ0n) is 12.0. The maximum absolute atomic E-state index is 12.0. The molecule has 1 aromatic carbocycles. The average Bonchev–Trinajstić information content (AvgIpc) is 2.42. The largest absolute Gasteiger partial charge is 0.388 e. The Morgan fingerprint density at radius 2 is 2.00 bits per heavy atom. The van der Waals surface area contributed by atoms with Gasteiger partial charge in [0.15, 0.2) is 0 Å². The molecule has 1 fully saturated rings.